The van der Waals surface area contributed by atoms with E-state index in [1.807, 2.05) is 6.07 Å². The number of rotatable bonds is 6. The number of ether oxygens (including phenoxy) is 3. The molecule has 31 heavy (non-hydrogen) atoms. The van der Waals surface area contributed by atoms with Gasteiger partial charge in [0, 0.05) is 35.8 Å². The summed E-state index contributed by atoms with van der Waals surface area (Å²) < 4.78 is 21.8. The fourth-order valence-corrected chi connectivity index (χ4v) is 3.18. The van der Waals surface area contributed by atoms with Crippen LogP contribution in [0.25, 0.3) is 22.7 Å². The highest BCUT2D eigenvalue weighted by molar-refractivity contribution is 7.80. The number of nitrogens with zero attached hydrogens (tertiary/aromatic N) is 3. The molecule has 2 N–H and O–H groups in total. The normalized spacial score (nSPS) is 10.5. The minimum Gasteiger partial charge on any atom is -0.493 e. The van der Waals surface area contributed by atoms with Crippen molar-refractivity contribution in [3.63, 3.8) is 0 Å². The first kappa shape index (κ1) is 20.4. The molecule has 0 saturated heterocycles. The number of benzene rings is 1. The molecule has 3 heterocycles. The predicted octanol–water partition coefficient (Wildman–Crippen LogP) is 4.12. The van der Waals surface area contributed by atoms with Crippen molar-refractivity contribution in [2.24, 2.45) is 0 Å². The molecule has 0 aliphatic carbocycles. The SMILES string of the molecule is COc1cc(NC(=S)Nc2cc(-c3nc4ncccc4o3)ccn2)cc(OC)c1OC. The van der Waals surface area contributed by atoms with Crippen LogP contribution in [0.5, 0.6) is 17.2 Å². The van der Waals surface area contributed by atoms with Gasteiger partial charge < -0.3 is 29.3 Å². The van der Waals surface area contributed by atoms with Crippen molar-refractivity contribution in [1.29, 1.82) is 0 Å². The Balaban J connectivity index is 1.52. The smallest absolute Gasteiger partial charge is 0.229 e. The molecule has 1 aromatic carbocycles. The predicted molar refractivity (Wildman–Crippen MR) is 121 cm³/mol. The Kier molecular flexibility index (Phi) is 5.80. The van der Waals surface area contributed by atoms with E-state index in [4.69, 9.17) is 30.8 Å². The van der Waals surface area contributed by atoms with Crippen molar-refractivity contribution >= 4 is 40.1 Å². The summed E-state index contributed by atoms with van der Waals surface area (Å²) in [5, 5.41) is 6.47. The second-order valence-electron chi connectivity index (χ2n) is 6.27. The Morgan fingerprint density at radius 2 is 1.71 bits per heavy atom. The number of pyridine rings is 2. The number of fused-ring (bicyclic) bond motifs is 1. The van der Waals surface area contributed by atoms with Gasteiger partial charge in [-0.25, -0.2) is 9.97 Å². The van der Waals surface area contributed by atoms with Crippen molar-refractivity contribution in [3.8, 4) is 28.7 Å². The van der Waals surface area contributed by atoms with Gasteiger partial charge in [-0.2, -0.15) is 4.98 Å². The molecule has 158 valence electrons. The molecular formula is C21H19N5O4S. The van der Waals surface area contributed by atoms with Gasteiger partial charge in [0.1, 0.15) is 5.82 Å². The standard InChI is InChI=1S/C21H19N5O4S/c1-27-15-10-13(11-16(28-2)18(15)29-3)24-21(31)25-17-9-12(6-8-22-17)20-26-19-14(30-20)5-4-7-23-19/h4-11H,1-3H3,(H2,22,24,25,31). The molecule has 0 aliphatic rings. The second-order valence-corrected chi connectivity index (χ2v) is 6.68. The van der Waals surface area contributed by atoms with Crippen LogP contribution in [-0.2, 0) is 0 Å². The van der Waals surface area contributed by atoms with Crippen LogP contribution in [0.3, 0.4) is 0 Å². The largest absolute Gasteiger partial charge is 0.493 e. The number of hydrogen-bond acceptors (Lipinski definition) is 8. The van der Waals surface area contributed by atoms with Gasteiger partial charge in [0.2, 0.25) is 11.6 Å². The molecule has 0 aliphatic heterocycles. The van der Waals surface area contributed by atoms with E-state index in [1.165, 1.54) is 0 Å². The van der Waals surface area contributed by atoms with E-state index in [-0.39, 0.29) is 0 Å². The summed E-state index contributed by atoms with van der Waals surface area (Å²) in [5.41, 5.74) is 2.56. The highest BCUT2D eigenvalue weighted by Crippen LogP contribution is 2.40. The third-order valence-electron chi connectivity index (χ3n) is 4.34. The molecule has 0 saturated carbocycles. The van der Waals surface area contributed by atoms with Crippen LogP contribution in [0.1, 0.15) is 0 Å². The van der Waals surface area contributed by atoms with Gasteiger partial charge in [0.15, 0.2) is 27.8 Å². The fourth-order valence-electron chi connectivity index (χ4n) is 2.96. The first-order valence-corrected chi connectivity index (χ1v) is 9.58. The topological polar surface area (TPSA) is 104 Å². The molecule has 3 aromatic heterocycles. The van der Waals surface area contributed by atoms with Crippen LogP contribution in [0, 0.1) is 0 Å². The molecule has 0 spiro atoms. The first-order chi connectivity index (χ1) is 15.1. The maximum Gasteiger partial charge on any atom is 0.229 e. The summed E-state index contributed by atoms with van der Waals surface area (Å²) in [6.07, 6.45) is 3.31. The highest BCUT2D eigenvalue weighted by atomic mass is 32.1. The zero-order valence-corrected chi connectivity index (χ0v) is 17.8. The molecule has 0 fully saturated rings. The maximum absolute atomic E-state index is 5.77. The lowest BCUT2D eigenvalue weighted by atomic mass is 10.2. The summed E-state index contributed by atoms with van der Waals surface area (Å²) in [7, 11) is 4.65. The average Bonchev–Trinajstić information content (AvgIpc) is 3.23. The Morgan fingerprint density at radius 3 is 2.39 bits per heavy atom. The Bertz CT molecular complexity index is 1190. The third kappa shape index (κ3) is 4.33. The second kappa shape index (κ2) is 8.84. The molecule has 4 aromatic rings. The Morgan fingerprint density at radius 1 is 0.935 bits per heavy atom. The van der Waals surface area contributed by atoms with E-state index < -0.39 is 0 Å². The number of hydrogen-bond donors (Lipinski definition) is 2. The summed E-state index contributed by atoms with van der Waals surface area (Å²) >= 11 is 5.43. The van der Waals surface area contributed by atoms with E-state index in [9.17, 15) is 0 Å². The van der Waals surface area contributed by atoms with Gasteiger partial charge in [-0.05, 0) is 36.5 Å². The molecule has 10 heteroatoms. The van der Waals surface area contributed by atoms with Crippen molar-refractivity contribution in [1.82, 2.24) is 15.0 Å². The van der Waals surface area contributed by atoms with E-state index in [1.54, 1.807) is 64.1 Å². The number of anilines is 2. The maximum atomic E-state index is 5.77. The van der Waals surface area contributed by atoms with E-state index in [0.717, 1.165) is 5.56 Å². The van der Waals surface area contributed by atoms with Gasteiger partial charge >= 0.3 is 0 Å². The van der Waals surface area contributed by atoms with Crippen LogP contribution in [0.15, 0.2) is 53.2 Å². The molecule has 0 amide bonds. The molecule has 0 unspecified atom stereocenters. The zero-order chi connectivity index (χ0) is 21.8. The third-order valence-corrected chi connectivity index (χ3v) is 4.54. The van der Waals surface area contributed by atoms with Gasteiger partial charge in [-0.1, -0.05) is 0 Å². The number of methoxy groups -OCH3 is 3. The van der Waals surface area contributed by atoms with Crippen molar-refractivity contribution < 1.29 is 18.6 Å². The quantitative estimate of drug-likeness (QED) is 0.428. The molecule has 0 radical (unpaired) electrons. The summed E-state index contributed by atoms with van der Waals surface area (Å²) in [4.78, 5) is 12.9. The lowest BCUT2D eigenvalue weighted by Gasteiger charge is -2.16. The van der Waals surface area contributed by atoms with Crippen molar-refractivity contribution in [2.45, 2.75) is 0 Å². The average molecular weight is 437 g/mol. The van der Waals surface area contributed by atoms with Gasteiger partial charge in [-0.15, -0.1) is 0 Å². The summed E-state index contributed by atoms with van der Waals surface area (Å²) in [6, 6.07) is 10.7. The molecule has 4 rings (SSSR count). The molecular weight excluding hydrogens is 418 g/mol. The first-order valence-electron chi connectivity index (χ1n) is 9.17. The highest BCUT2D eigenvalue weighted by Gasteiger charge is 2.14. The molecule has 0 bridgehead atoms. The van der Waals surface area contributed by atoms with Crippen LogP contribution in [0.4, 0.5) is 11.5 Å². The monoisotopic (exact) mass is 437 g/mol. The van der Waals surface area contributed by atoms with Gasteiger partial charge in [0.05, 0.1) is 21.3 Å². The zero-order valence-electron chi connectivity index (χ0n) is 17.0. The lowest BCUT2D eigenvalue weighted by molar-refractivity contribution is 0.324. The van der Waals surface area contributed by atoms with Gasteiger partial charge in [-0.3, -0.25) is 0 Å². The summed E-state index contributed by atoms with van der Waals surface area (Å²) in [6.45, 7) is 0. The van der Waals surface area contributed by atoms with E-state index in [0.29, 0.717) is 51.0 Å². The van der Waals surface area contributed by atoms with Crippen molar-refractivity contribution in [2.75, 3.05) is 32.0 Å². The van der Waals surface area contributed by atoms with Crippen molar-refractivity contribution in [3.05, 3.63) is 48.8 Å². The summed E-state index contributed by atoms with van der Waals surface area (Å²) in [5.74, 6) is 2.49. The van der Waals surface area contributed by atoms with Gasteiger partial charge in [0.25, 0.3) is 0 Å². The van der Waals surface area contributed by atoms with E-state index >= 15 is 0 Å². The van der Waals surface area contributed by atoms with Crippen LogP contribution in [0.2, 0.25) is 0 Å². The van der Waals surface area contributed by atoms with E-state index in [2.05, 4.69) is 25.6 Å². The Hall–Kier alpha value is -3.92. The van der Waals surface area contributed by atoms with Crippen LogP contribution in [-0.4, -0.2) is 41.4 Å². The van der Waals surface area contributed by atoms with Crippen LogP contribution < -0.4 is 24.8 Å². The number of nitrogens with one attached hydrogen (secondary N) is 2. The molecule has 0 atom stereocenters. The minimum absolute atomic E-state index is 0.332. The lowest BCUT2D eigenvalue weighted by Crippen LogP contribution is -2.19. The fraction of sp³-hybridized carbons (Fsp3) is 0.143. The molecule has 9 nitrogen and oxygen atoms in total. The number of aromatic nitrogens is 3. The van der Waals surface area contributed by atoms with Crippen LogP contribution >= 0.6 is 12.2 Å². The Labute approximate surface area is 183 Å². The minimum atomic E-state index is 0.332. The number of thiocarbonyl (C=S) groups is 1. The number of oxazole rings is 1.